The van der Waals surface area contributed by atoms with Gasteiger partial charge >= 0.3 is 5.97 Å². The summed E-state index contributed by atoms with van der Waals surface area (Å²) in [6.07, 6.45) is 6.60. The van der Waals surface area contributed by atoms with Crippen molar-refractivity contribution < 1.29 is 19.4 Å². The van der Waals surface area contributed by atoms with Gasteiger partial charge < -0.3 is 19.6 Å². The molecule has 2 saturated heterocycles. The van der Waals surface area contributed by atoms with Crippen LogP contribution in [0.2, 0.25) is 0 Å². The van der Waals surface area contributed by atoms with Gasteiger partial charge in [-0.2, -0.15) is 5.10 Å². The largest absolute Gasteiger partial charge is 0.478 e. The molecule has 0 aromatic carbocycles. The Morgan fingerprint density at radius 3 is 2.97 bits per heavy atom. The minimum absolute atomic E-state index is 0.107. The maximum Gasteiger partial charge on any atom is 0.339 e. The monoisotopic (exact) mass is 400 g/mol. The van der Waals surface area contributed by atoms with Crippen LogP contribution in [0.5, 0.6) is 0 Å². The molecule has 1 spiro atoms. The van der Waals surface area contributed by atoms with Crippen LogP contribution < -0.4 is 4.90 Å². The Morgan fingerprint density at radius 1 is 1.28 bits per heavy atom. The van der Waals surface area contributed by atoms with Gasteiger partial charge in [0.15, 0.2) is 0 Å². The van der Waals surface area contributed by atoms with Gasteiger partial charge in [-0.15, -0.1) is 0 Å². The molecule has 154 valence electrons. The van der Waals surface area contributed by atoms with Crippen LogP contribution in [0.1, 0.15) is 29.6 Å². The zero-order valence-electron chi connectivity index (χ0n) is 16.1. The number of nitrogens with zero attached hydrogens (tertiary/aromatic N) is 6. The quantitative estimate of drug-likeness (QED) is 0.752. The molecule has 10 heteroatoms. The summed E-state index contributed by atoms with van der Waals surface area (Å²) < 4.78 is 7.81. The van der Waals surface area contributed by atoms with Crippen molar-refractivity contribution in [3.63, 3.8) is 0 Å². The van der Waals surface area contributed by atoms with Gasteiger partial charge in [0.2, 0.25) is 5.91 Å². The number of carboxylic acid groups (broad SMARTS) is 1. The standard InChI is InChI=1S/C19H24N6O4/c26-16(4-2-7-25-14-20-13-22-25)23-9-10-29-19(11-23)5-8-24(12-19)17-15(18(27)28)3-1-6-21-17/h1,3,6,13-14H,2,4-5,7-12H2,(H,27,28). The third-order valence-corrected chi connectivity index (χ3v) is 5.48. The molecular weight excluding hydrogens is 376 g/mol. The smallest absolute Gasteiger partial charge is 0.339 e. The first kappa shape index (κ1) is 19.3. The fourth-order valence-corrected chi connectivity index (χ4v) is 4.04. The van der Waals surface area contributed by atoms with Crippen LogP contribution in [0.3, 0.4) is 0 Å². The minimum atomic E-state index is -0.997. The molecular formula is C19H24N6O4. The van der Waals surface area contributed by atoms with E-state index >= 15 is 0 Å². The van der Waals surface area contributed by atoms with Crippen molar-refractivity contribution in [1.82, 2.24) is 24.6 Å². The van der Waals surface area contributed by atoms with Crippen LogP contribution in [0.15, 0.2) is 31.0 Å². The second-order valence-corrected chi connectivity index (χ2v) is 7.46. The van der Waals surface area contributed by atoms with E-state index in [9.17, 15) is 14.7 Å². The fraction of sp³-hybridized carbons (Fsp3) is 0.526. The van der Waals surface area contributed by atoms with E-state index in [1.54, 1.807) is 29.3 Å². The average molecular weight is 400 g/mol. The van der Waals surface area contributed by atoms with Gasteiger partial charge in [-0.05, 0) is 25.0 Å². The van der Waals surface area contributed by atoms with Gasteiger partial charge in [0.25, 0.3) is 0 Å². The summed E-state index contributed by atoms with van der Waals surface area (Å²) >= 11 is 0. The van der Waals surface area contributed by atoms with Gasteiger partial charge in [-0.25, -0.2) is 14.8 Å². The molecule has 0 saturated carbocycles. The summed E-state index contributed by atoms with van der Waals surface area (Å²) in [5.74, 6) is -0.435. The highest BCUT2D eigenvalue weighted by Gasteiger charge is 2.44. The number of aromatic carboxylic acids is 1. The zero-order valence-corrected chi connectivity index (χ0v) is 16.1. The molecule has 1 unspecified atom stereocenters. The molecule has 4 heterocycles. The van der Waals surface area contributed by atoms with Crippen molar-refractivity contribution in [2.75, 3.05) is 37.7 Å². The first-order valence-electron chi connectivity index (χ1n) is 9.74. The van der Waals surface area contributed by atoms with Gasteiger partial charge in [-0.1, -0.05) is 0 Å². The van der Waals surface area contributed by atoms with Crippen molar-refractivity contribution in [3.8, 4) is 0 Å². The summed E-state index contributed by atoms with van der Waals surface area (Å²) in [5, 5.41) is 13.5. The van der Waals surface area contributed by atoms with E-state index in [0.29, 0.717) is 58.0 Å². The summed E-state index contributed by atoms with van der Waals surface area (Å²) in [4.78, 5) is 36.2. The lowest BCUT2D eigenvalue weighted by Gasteiger charge is -2.40. The molecule has 2 aromatic rings. The lowest BCUT2D eigenvalue weighted by atomic mass is 10.00. The SMILES string of the molecule is O=C(O)c1cccnc1N1CCC2(CN(C(=O)CCCn3cncn3)CCO2)C1. The fourth-order valence-electron chi connectivity index (χ4n) is 4.04. The number of hydrogen-bond donors (Lipinski definition) is 1. The van der Waals surface area contributed by atoms with E-state index in [0.717, 1.165) is 6.42 Å². The predicted octanol–water partition coefficient (Wildman–Crippen LogP) is 0.659. The summed E-state index contributed by atoms with van der Waals surface area (Å²) in [5.41, 5.74) is -0.297. The Morgan fingerprint density at radius 2 is 2.17 bits per heavy atom. The Bertz CT molecular complexity index is 873. The number of aromatic nitrogens is 4. The number of aryl methyl sites for hydroxylation is 1. The molecule has 0 aliphatic carbocycles. The summed E-state index contributed by atoms with van der Waals surface area (Å²) in [6.45, 7) is 3.40. The first-order chi connectivity index (χ1) is 14.1. The Balaban J connectivity index is 1.37. The van der Waals surface area contributed by atoms with Gasteiger partial charge in [0, 0.05) is 32.3 Å². The van der Waals surface area contributed by atoms with Crippen molar-refractivity contribution in [1.29, 1.82) is 0 Å². The van der Waals surface area contributed by atoms with E-state index in [1.165, 1.54) is 6.33 Å². The molecule has 2 aliphatic heterocycles. The zero-order chi connectivity index (χ0) is 20.3. The number of pyridine rings is 1. The molecule has 0 radical (unpaired) electrons. The lowest BCUT2D eigenvalue weighted by molar-refractivity contribution is -0.147. The first-order valence-corrected chi connectivity index (χ1v) is 9.74. The van der Waals surface area contributed by atoms with E-state index < -0.39 is 11.6 Å². The minimum Gasteiger partial charge on any atom is -0.478 e. The van der Waals surface area contributed by atoms with Gasteiger partial charge in [-0.3, -0.25) is 9.48 Å². The van der Waals surface area contributed by atoms with Crippen molar-refractivity contribution in [2.45, 2.75) is 31.4 Å². The summed E-state index contributed by atoms with van der Waals surface area (Å²) in [6, 6.07) is 3.18. The number of anilines is 1. The number of carbonyl (C=O) groups is 2. The highest BCUT2D eigenvalue weighted by molar-refractivity contribution is 5.93. The van der Waals surface area contributed by atoms with Crippen LogP contribution in [-0.4, -0.2) is 80.0 Å². The second kappa shape index (κ2) is 8.16. The van der Waals surface area contributed by atoms with Crippen molar-refractivity contribution in [2.24, 2.45) is 0 Å². The molecule has 4 rings (SSSR count). The Labute approximate surface area is 168 Å². The van der Waals surface area contributed by atoms with E-state index in [-0.39, 0.29) is 11.5 Å². The molecule has 29 heavy (non-hydrogen) atoms. The second-order valence-electron chi connectivity index (χ2n) is 7.46. The molecule has 1 atom stereocenters. The molecule has 1 amide bonds. The van der Waals surface area contributed by atoms with E-state index in [4.69, 9.17) is 4.74 Å². The number of morpholine rings is 1. The maximum absolute atomic E-state index is 12.7. The third-order valence-electron chi connectivity index (χ3n) is 5.48. The van der Waals surface area contributed by atoms with Crippen LogP contribution in [-0.2, 0) is 16.1 Å². The van der Waals surface area contributed by atoms with Crippen LogP contribution >= 0.6 is 0 Å². The van der Waals surface area contributed by atoms with Crippen LogP contribution in [0.25, 0.3) is 0 Å². The number of ether oxygens (including phenoxy) is 1. The van der Waals surface area contributed by atoms with Crippen LogP contribution in [0, 0.1) is 0 Å². The topological polar surface area (TPSA) is 114 Å². The molecule has 10 nitrogen and oxygen atoms in total. The molecule has 2 aliphatic rings. The molecule has 2 aromatic heterocycles. The van der Waals surface area contributed by atoms with Crippen LogP contribution in [0.4, 0.5) is 5.82 Å². The Kier molecular flexibility index (Phi) is 5.43. The maximum atomic E-state index is 12.7. The van der Waals surface area contributed by atoms with Gasteiger partial charge in [0.1, 0.15) is 29.6 Å². The van der Waals surface area contributed by atoms with Crippen molar-refractivity contribution >= 4 is 17.7 Å². The highest BCUT2D eigenvalue weighted by atomic mass is 16.5. The number of rotatable bonds is 6. The number of amides is 1. The van der Waals surface area contributed by atoms with E-state index in [1.807, 2.05) is 9.80 Å². The molecule has 1 N–H and O–H groups in total. The van der Waals surface area contributed by atoms with E-state index in [2.05, 4.69) is 15.1 Å². The highest BCUT2D eigenvalue weighted by Crippen LogP contribution is 2.33. The third kappa shape index (κ3) is 4.21. The van der Waals surface area contributed by atoms with Crippen molar-refractivity contribution in [3.05, 3.63) is 36.5 Å². The molecule has 0 bridgehead atoms. The normalized spacial score (nSPS) is 21.7. The summed E-state index contributed by atoms with van der Waals surface area (Å²) in [7, 11) is 0. The number of carboxylic acids is 1. The lowest BCUT2D eigenvalue weighted by Crippen LogP contribution is -2.55. The number of carbonyl (C=O) groups excluding carboxylic acids is 1. The number of hydrogen-bond acceptors (Lipinski definition) is 7. The average Bonchev–Trinajstić information content (AvgIpc) is 3.38. The van der Waals surface area contributed by atoms with Gasteiger partial charge in [0.05, 0.1) is 19.7 Å². The molecule has 2 fully saturated rings. The Hall–Kier alpha value is -3.01. The predicted molar refractivity (Wildman–Crippen MR) is 103 cm³/mol.